The molecule has 10 heteroatoms. The zero-order valence-corrected chi connectivity index (χ0v) is 13.8. The lowest BCUT2D eigenvalue weighted by Gasteiger charge is -2.47. The number of hydrogen-bond acceptors (Lipinski definition) is 10. The van der Waals surface area contributed by atoms with Crippen molar-refractivity contribution in [3.05, 3.63) is 0 Å². The second kappa shape index (κ2) is 8.32. The van der Waals surface area contributed by atoms with Gasteiger partial charge in [0.2, 0.25) is 0 Å². The van der Waals surface area contributed by atoms with Gasteiger partial charge in [0.05, 0.1) is 31.4 Å². The molecule has 0 aromatic carbocycles. The van der Waals surface area contributed by atoms with E-state index in [2.05, 4.69) is 0 Å². The van der Waals surface area contributed by atoms with Crippen LogP contribution in [0, 0.1) is 0 Å². The summed E-state index contributed by atoms with van der Waals surface area (Å²) in [4.78, 5) is 0. The van der Waals surface area contributed by atoms with Gasteiger partial charge in [0.25, 0.3) is 0 Å². The molecule has 24 heavy (non-hydrogen) atoms. The highest BCUT2D eigenvalue weighted by Crippen LogP contribution is 2.28. The molecule has 2 aliphatic heterocycles. The molecule has 2 heterocycles. The summed E-state index contributed by atoms with van der Waals surface area (Å²) in [5.74, 6) is 0. The molecule has 0 bridgehead atoms. The van der Waals surface area contributed by atoms with Crippen molar-refractivity contribution >= 4 is 0 Å². The van der Waals surface area contributed by atoms with Gasteiger partial charge in [-0.3, -0.25) is 0 Å². The molecular weight excluding hydrogens is 324 g/mol. The van der Waals surface area contributed by atoms with Crippen LogP contribution < -0.4 is 11.5 Å². The number of methoxy groups -OCH3 is 1. The van der Waals surface area contributed by atoms with Crippen molar-refractivity contribution in [2.75, 3.05) is 20.3 Å². The quantitative estimate of drug-likeness (QED) is 0.289. The summed E-state index contributed by atoms with van der Waals surface area (Å²) in [5, 5.41) is 39.4. The van der Waals surface area contributed by atoms with Crippen LogP contribution in [-0.4, -0.2) is 102 Å². The van der Waals surface area contributed by atoms with Crippen molar-refractivity contribution in [1.82, 2.24) is 0 Å². The van der Waals surface area contributed by atoms with Gasteiger partial charge in [-0.2, -0.15) is 0 Å². The van der Waals surface area contributed by atoms with Crippen molar-refractivity contribution in [3.63, 3.8) is 0 Å². The van der Waals surface area contributed by atoms with E-state index in [1.165, 1.54) is 7.11 Å². The van der Waals surface area contributed by atoms with Gasteiger partial charge in [-0.1, -0.05) is 0 Å². The van der Waals surface area contributed by atoms with Crippen LogP contribution in [-0.2, 0) is 18.9 Å². The number of hydrogen-bond donors (Lipinski definition) is 6. The molecule has 0 aromatic rings. The van der Waals surface area contributed by atoms with Crippen molar-refractivity contribution in [2.45, 2.75) is 68.0 Å². The molecule has 0 spiro atoms. The summed E-state index contributed by atoms with van der Waals surface area (Å²) in [7, 11) is 1.37. The summed E-state index contributed by atoms with van der Waals surface area (Å²) in [6.45, 7) is 0.879. The van der Waals surface area contributed by atoms with Gasteiger partial charge in [0, 0.05) is 7.11 Å². The Labute approximate surface area is 140 Å². The molecule has 0 saturated carbocycles. The summed E-state index contributed by atoms with van der Waals surface area (Å²) in [5.41, 5.74) is 11.8. The predicted molar refractivity (Wildman–Crippen MR) is 80.8 cm³/mol. The van der Waals surface area contributed by atoms with Gasteiger partial charge >= 0.3 is 0 Å². The third-order valence-electron chi connectivity index (χ3n) is 4.67. The van der Waals surface area contributed by atoms with E-state index < -0.39 is 74.3 Å². The second-order valence-corrected chi connectivity index (χ2v) is 6.22. The van der Waals surface area contributed by atoms with Crippen LogP contribution in [0.2, 0.25) is 0 Å². The van der Waals surface area contributed by atoms with Gasteiger partial charge in [-0.15, -0.1) is 0 Å². The van der Waals surface area contributed by atoms with Crippen molar-refractivity contribution in [3.8, 4) is 0 Å². The van der Waals surface area contributed by atoms with Crippen molar-refractivity contribution < 1.29 is 39.4 Å². The molecule has 4 unspecified atom stereocenters. The van der Waals surface area contributed by atoms with Gasteiger partial charge in [-0.25, -0.2) is 0 Å². The Morgan fingerprint density at radius 1 is 0.917 bits per heavy atom. The molecule has 0 amide bonds. The summed E-state index contributed by atoms with van der Waals surface area (Å²) in [6.07, 6.45) is -7.35. The Balaban J connectivity index is 2.12. The third-order valence-corrected chi connectivity index (χ3v) is 4.67. The van der Waals surface area contributed by atoms with E-state index >= 15 is 0 Å². The molecule has 2 aliphatic rings. The first-order valence-corrected chi connectivity index (χ1v) is 7.93. The van der Waals surface area contributed by atoms with Crippen LogP contribution in [0.1, 0.15) is 6.92 Å². The largest absolute Gasteiger partial charge is 0.394 e. The Bertz CT molecular complexity index is 399. The number of aliphatic hydroxyl groups excluding tert-OH is 4. The molecule has 2 saturated heterocycles. The van der Waals surface area contributed by atoms with E-state index in [-0.39, 0.29) is 0 Å². The lowest BCUT2D eigenvalue weighted by molar-refractivity contribution is -0.312. The SMILES string of the molecule is CO[C@@H]1C(CO)O[C@@H](O[C@H]2C(O)C(N)[C@H](C)O[C@H]2CO)C(N)[C@H]1O. The molecule has 2 rings (SSSR count). The fraction of sp³-hybridized carbons (Fsp3) is 1.00. The van der Waals surface area contributed by atoms with Gasteiger partial charge < -0.3 is 50.8 Å². The Kier molecular flexibility index (Phi) is 6.90. The maximum atomic E-state index is 10.3. The van der Waals surface area contributed by atoms with Crippen LogP contribution in [0.4, 0.5) is 0 Å². The average molecular weight is 352 g/mol. The monoisotopic (exact) mass is 352 g/mol. The zero-order valence-electron chi connectivity index (χ0n) is 13.8. The average Bonchev–Trinajstić information content (AvgIpc) is 2.58. The molecule has 10 atom stereocenters. The third kappa shape index (κ3) is 3.73. The topological polar surface area (TPSA) is 170 Å². The lowest BCUT2D eigenvalue weighted by Crippen LogP contribution is -2.67. The van der Waals surface area contributed by atoms with Crippen LogP contribution in [0.25, 0.3) is 0 Å². The minimum absolute atomic E-state index is 0.395. The number of rotatable bonds is 5. The van der Waals surface area contributed by atoms with Crippen molar-refractivity contribution in [1.29, 1.82) is 0 Å². The Morgan fingerprint density at radius 3 is 2.00 bits per heavy atom. The van der Waals surface area contributed by atoms with E-state index in [9.17, 15) is 20.4 Å². The highest BCUT2D eigenvalue weighted by atomic mass is 16.7. The fourth-order valence-electron chi connectivity index (χ4n) is 3.13. The molecule has 0 aliphatic carbocycles. The minimum atomic E-state index is -1.15. The number of ether oxygens (including phenoxy) is 4. The maximum Gasteiger partial charge on any atom is 0.176 e. The van der Waals surface area contributed by atoms with Crippen LogP contribution >= 0.6 is 0 Å². The smallest absolute Gasteiger partial charge is 0.176 e. The normalized spacial score (nSPS) is 50.0. The summed E-state index contributed by atoms with van der Waals surface area (Å²) >= 11 is 0. The van der Waals surface area contributed by atoms with E-state index in [1.54, 1.807) is 6.92 Å². The predicted octanol–water partition coefficient (Wildman–Crippen LogP) is -3.74. The fourth-order valence-corrected chi connectivity index (χ4v) is 3.13. The molecular formula is C14H28N2O8. The lowest BCUT2D eigenvalue weighted by atomic mass is 9.93. The maximum absolute atomic E-state index is 10.3. The number of aliphatic hydroxyl groups is 4. The highest BCUT2D eigenvalue weighted by Gasteiger charge is 2.49. The first kappa shape index (κ1) is 19.9. The zero-order chi connectivity index (χ0) is 18.0. The molecule has 2 fully saturated rings. The molecule has 10 nitrogen and oxygen atoms in total. The van der Waals surface area contributed by atoms with Gasteiger partial charge in [0.1, 0.15) is 36.6 Å². The van der Waals surface area contributed by atoms with E-state index in [0.29, 0.717) is 0 Å². The first-order valence-electron chi connectivity index (χ1n) is 7.93. The van der Waals surface area contributed by atoms with Gasteiger partial charge in [-0.05, 0) is 6.92 Å². The van der Waals surface area contributed by atoms with E-state index in [0.717, 1.165) is 0 Å². The van der Waals surface area contributed by atoms with Crippen LogP contribution in [0.3, 0.4) is 0 Å². The summed E-state index contributed by atoms with van der Waals surface area (Å²) < 4.78 is 21.9. The highest BCUT2D eigenvalue weighted by molar-refractivity contribution is 4.97. The Hall–Kier alpha value is -0.400. The standard InChI is InChI=1S/C14H28N2O8/c1-5-8(15)10(19)13(7(4-18)22-5)24-14-9(16)11(20)12(21-2)6(3-17)23-14/h5-14,17-20H,3-4,15-16H2,1-2H3/t5-,6?,7-,8?,9?,10?,11+,12+,13+,14-/m0/s1. The molecule has 142 valence electrons. The van der Waals surface area contributed by atoms with Crippen LogP contribution in [0.15, 0.2) is 0 Å². The molecule has 8 N–H and O–H groups in total. The summed E-state index contributed by atoms with van der Waals surface area (Å²) in [6, 6.07) is -1.71. The second-order valence-electron chi connectivity index (χ2n) is 6.22. The van der Waals surface area contributed by atoms with E-state index in [1.807, 2.05) is 0 Å². The first-order chi connectivity index (χ1) is 11.3. The molecule has 0 radical (unpaired) electrons. The van der Waals surface area contributed by atoms with E-state index in [4.69, 9.17) is 30.4 Å². The van der Waals surface area contributed by atoms with Crippen LogP contribution in [0.5, 0.6) is 0 Å². The van der Waals surface area contributed by atoms with Crippen molar-refractivity contribution in [2.24, 2.45) is 11.5 Å². The molecule has 0 aromatic heterocycles. The minimum Gasteiger partial charge on any atom is -0.394 e. The van der Waals surface area contributed by atoms with Gasteiger partial charge in [0.15, 0.2) is 6.29 Å². The Morgan fingerprint density at radius 2 is 1.46 bits per heavy atom. The number of nitrogens with two attached hydrogens (primary N) is 2.